The van der Waals surface area contributed by atoms with Crippen molar-refractivity contribution in [2.75, 3.05) is 33.8 Å². The van der Waals surface area contributed by atoms with E-state index in [1.165, 1.54) is 6.42 Å². The molecule has 112 valence electrons. The zero-order valence-electron chi connectivity index (χ0n) is 12.7. The third kappa shape index (κ3) is 4.07. The molecular formula is C17H22N2O2. The van der Waals surface area contributed by atoms with Gasteiger partial charge in [0.05, 0.1) is 0 Å². The van der Waals surface area contributed by atoms with Gasteiger partial charge in [0.2, 0.25) is 0 Å². The number of carbonyl (C=O) groups is 1. The van der Waals surface area contributed by atoms with Gasteiger partial charge in [0.25, 0.3) is 5.91 Å². The average molecular weight is 286 g/mol. The van der Waals surface area contributed by atoms with Gasteiger partial charge in [0, 0.05) is 30.8 Å². The summed E-state index contributed by atoms with van der Waals surface area (Å²) >= 11 is 0. The van der Waals surface area contributed by atoms with Gasteiger partial charge in [-0.3, -0.25) is 4.79 Å². The van der Waals surface area contributed by atoms with Crippen LogP contribution >= 0.6 is 0 Å². The molecule has 1 N–H and O–H groups in total. The number of nitrogens with zero attached hydrogens (tertiary/aromatic N) is 2. The smallest absolute Gasteiger partial charge is 0.253 e. The summed E-state index contributed by atoms with van der Waals surface area (Å²) in [6, 6.07) is 7.70. The first kappa shape index (κ1) is 15.6. The van der Waals surface area contributed by atoms with E-state index in [-0.39, 0.29) is 12.5 Å². The summed E-state index contributed by atoms with van der Waals surface area (Å²) in [5.41, 5.74) is 1.39. The molecule has 1 unspecified atom stereocenters. The molecule has 0 bridgehead atoms. The van der Waals surface area contributed by atoms with Crippen molar-refractivity contribution in [3.8, 4) is 11.8 Å². The number of hydrogen-bond donors (Lipinski definition) is 1. The molecule has 1 aliphatic heterocycles. The van der Waals surface area contributed by atoms with E-state index in [1.54, 1.807) is 17.0 Å². The van der Waals surface area contributed by atoms with E-state index in [1.807, 2.05) is 19.2 Å². The highest BCUT2D eigenvalue weighted by atomic mass is 16.2. The molecule has 4 nitrogen and oxygen atoms in total. The zero-order valence-corrected chi connectivity index (χ0v) is 12.7. The first-order valence-corrected chi connectivity index (χ1v) is 7.27. The molecule has 0 aromatic heterocycles. The fraction of sp³-hybridized carbons (Fsp3) is 0.471. The molecule has 1 saturated heterocycles. The van der Waals surface area contributed by atoms with Crippen molar-refractivity contribution in [1.82, 2.24) is 9.80 Å². The van der Waals surface area contributed by atoms with Gasteiger partial charge in [0.1, 0.15) is 6.61 Å². The van der Waals surface area contributed by atoms with Crippen LogP contribution in [0, 0.1) is 11.8 Å². The van der Waals surface area contributed by atoms with Gasteiger partial charge in [-0.1, -0.05) is 17.9 Å². The van der Waals surface area contributed by atoms with Crippen molar-refractivity contribution < 1.29 is 9.90 Å². The molecule has 0 radical (unpaired) electrons. The Kier molecular flexibility index (Phi) is 5.38. The van der Waals surface area contributed by atoms with Crippen molar-refractivity contribution >= 4 is 5.91 Å². The van der Waals surface area contributed by atoms with E-state index in [9.17, 15) is 4.79 Å². The first-order valence-electron chi connectivity index (χ1n) is 7.27. The quantitative estimate of drug-likeness (QED) is 0.849. The highest BCUT2D eigenvalue weighted by molar-refractivity contribution is 5.94. The van der Waals surface area contributed by atoms with Crippen LogP contribution in [0.4, 0.5) is 0 Å². The largest absolute Gasteiger partial charge is 0.384 e. The molecule has 0 spiro atoms. The molecule has 1 aliphatic rings. The Morgan fingerprint density at radius 1 is 1.52 bits per heavy atom. The van der Waals surface area contributed by atoms with E-state index in [2.05, 4.69) is 23.8 Å². The molecule has 1 aromatic carbocycles. The minimum Gasteiger partial charge on any atom is -0.384 e. The van der Waals surface area contributed by atoms with Crippen LogP contribution in [0.5, 0.6) is 0 Å². The number of benzene rings is 1. The Labute approximate surface area is 126 Å². The monoisotopic (exact) mass is 286 g/mol. The Morgan fingerprint density at radius 3 is 3.00 bits per heavy atom. The summed E-state index contributed by atoms with van der Waals surface area (Å²) in [4.78, 5) is 16.6. The van der Waals surface area contributed by atoms with Gasteiger partial charge in [0.15, 0.2) is 0 Å². The third-order valence-corrected chi connectivity index (χ3v) is 3.92. The van der Waals surface area contributed by atoms with E-state index in [0.29, 0.717) is 11.6 Å². The Morgan fingerprint density at radius 2 is 2.33 bits per heavy atom. The molecule has 1 amide bonds. The summed E-state index contributed by atoms with van der Waals surface area (Å²) in [5.74, 6) is 5.44. The average Bonchev–Trinajstić information content (AvgIpc) is 2.90. The van der Waals surface area contributed by atoms with Crippen LogP contribution in [0.25, 0.3) is 0 Å². The highest BCUT2D eigenvalue weighted by Gasteiger charge is 2.24. The predicted molar refractivity (Wildman–Crippen MR) is 83.0 cm³/mol. The number of hydrogen-bond acceptors (Lipinski definition) is 3. The van der Waals surface area contributed by atoms with E-state index in [0.717, 1.165) is 25.1 Å². The van der Waals surface area contributed by atoms with Gasteiger partial charge < -0.3 is 14.9 Å². The molecule has 1 aromatic rings. The summed E-state index contributed by atoms with van der Waals surface area (Å²) < 4.78 is 0. The molecule has 1 fully saturated rings. The maximum Gasteiger partial charge on any atom is 0.253 e. The van der Waals surface area contributed by atoms with Gasteiger partial charge in [-0.15, -0.1) is 0 Å². The SMILES string of the molecule is CN(CC1CCCN1C)C(=O)c1cccc(C#CCO)c1. The van der Waals surface area contributed by atoms with Crippen molar-refractivity contribution in [2.45, 2.75) is 18.9 Å². The lowest BCUT2D eigenvalue weighted by Crippen LogP contribution is -2.39. The van der Waals surface area contributed by atoms with E-state index < -0.39 is 0 Å². The van der Waals surface area contributed by atoms with E-state index in [4.69, 9.17) is 5.11 Å². The molecule has 1 atom stereocenters. The number of amides is 1. The van der Waals surface area contributed by atoms with Gasteiger partial charge in [-0.25, -0.2) is 0 Å². The Hall–Kier alpha value is -1.83. The minimum absolute atomic E-state index is 0.0166. The number of aliphatic hydroxyl groups excluding tert-OH is 1. The second kappa shape index (κ2) is 7.26. The Balaban J connectivity index is 2.04. The van der Waals surface area contributed by atoms with Crippen LogP contribution < -0.4 is 0 Å². The van der Waals surface area contributed by atoms with Crippen LogP contribution in [-0.2, 0) is 0 Å². The van der Waals surface area contributed by atoms with Crippen LogP contribution in [0.1, 0.15) is 28.8 Å². The highest BCUT2D eigenvalue weighted by Crippen LogP contribution is 2.16. The van der Waals surface area contributed by atoms with E-state index >= 15 is 0 Å². The molecular weight excluding hydrogens is 264 g/mol. The normalized spacial score (nSPS) is 18.1. The van der Waals surface area contributed by atoms with Gasteiger partial charge in [-0.2, -0.15) is 0 Å². The fourth-order valence-electron chi connectivity index (χ4n) is 2.70. The number of aliphatic hydroxyl groups is 1. The molecule has 1 heterocycles. The van der Waals surface area contributed by atoms with Crippen LogP contribution in [0.3, 0.4) is 0 Å². The van der Waals surface area contributed by atoms with Crippen molar-refractivity contribution in [3.05, 3.63) is 35.4 Å². The van der Waals surface area contributed by atoms with Crippen molar-refractivity contribution in [2.24, 2.45) is 0 Å². The number of likely N-dealkylation sites (tertiary alicyclic amines) is 1. The standard InChI is InChI=1S/C17H22N2O2/c1-18-10-4-9-16(18)13-19(2)17(21)15-8-3-6-14(12-15)7-5-11-20/h3,6,8,12,16,20H,4,9-11,13H2,1-2H3. The second-order valence-corrected chi connectivity index (χ2v) is 5.50. The van der Waals surface area contributed by atoms with Crippen molar-refractivity contribution in [1.29, 1.82) is 0 Å². The van der Waals surface area contributed by atoms with Crippen LogP contribution in [0.2, 0.25) is 0 Å². The number of likely N-dealkylation sites (N-methyl/N-ethyl adjacent to an activating group) is 2. The fourth-order valence-corrected chi connectivity index (χ4v) is 2.70. The lowest BCUT2D eigenvalue weighted by molar-refractivity contribution is 0.0761. The third-order valence-electron chi connectivity index (χ3n) is 3.92. The lowest BCUT2D eigenvalue weighted by Gasteiger charge is -2.26. The summed E-state index contributed by atoms with van der Waals surface area (Å²) in [7, 11) is 3.96. The predicted octanol–water partition coefficient (Wildman–Crippen LogP) is 1.20. The van der Waals surface area contributed by atoms with Gasteiger partial charge >= 0.3 is 0 Å². The molecule has 0 aliphatic carbocycles. The molecule has 0 saturated carbocycles. The number of rotatable bonds is 3. The van der Waals surface area contributed by atoms with Crippen LogP contribution in [0.15, 0.2) is 24.3 Å². The Bertz CT molecular complexity index is 559. The minimum atomic E-state index is -0.175. The second-order valence-electron chi connectivity index (χ2n) is 5.50. The maximum absolute atomic E-state index is 12.5. The summed E-state index contributed by atoms with van der Waals surface area (Å²) in [6.45, 7) is 1.69. The zero-order chi connectivity index (χ0) is 15.2. The number of carbonyl (C=O) groups excluding carboxylic acids is 1. The first-order chi connectivity index (χ1) is 10.1. The van der Waals surface area contributed by atoms with Crippen molar-refractivity contribution in [3.63, 3.8) is 0 Å². The van der Waals surface area contributed by atoms with Crippen LogP contribution in [-0.4, -0.2) is 60.6 Å². The van der Waals surface area contributed by atoms with Gasteiger partial charge in [-0.05, 0) is 44.6 Å². The molecule has 2 rings (SSSR count). The summed E-state index contributed by atoms with van der Waals surface area (Å²) in [5, 5.41) is 8.73. The molecule has 21 heavy (non-hydrogen) atoms. The lowest BCUT2D eigenvalue weighted by atomic mass is 10.1. The maximum atomic E-state index is 12.5. The molecule has 4 heteroatoms. The topological polar surface area (TPSA) is 43.8 Å². The summed E-state index contributed by atoms with van der Waals surface area (Å²) in [6.07, 6.45) is 2.35.